The number of tetrazole rings is 1. The lowest BCUT2D eigenvalue weighted by atomic mass is 10.2. The number of halogens is 2. The SMILES string of the molecule is O=[N+]([O-])c1cc(Br)cc(CSc2nnnn2-c2ccc(Cl)cc2)c1. The second kappa shape index (κ2) is 7.29. The quantitative estimate of drug-likeness (QED) is 0.344. The van der Waals surface area contributed by atoms with Crippen molar-refractivity contribution >= 4 is 45.0 Å². The summed E-state index contributed by atoms with van der Waals surface area (Å²) in [5.74, 6) is 0.494. The van der Waals surface area contributed by atoms with Gasteiger partial charge in [0, 0.05) is 27.4 Å². The molecule has 0 aliphatic heterocycles. The molecule has 0 atom stereocenters. The Morgan fingerprint density at radius 3 is 2.71 bits per heavy atom. The Morgan fingerprint density at radius 2 is 2.00 bits per heavy atom. The molecule has 1 aromatic heterocycles. The summed E-state index contributed by atoms with van der Waals surface area (Å²) >= 11 is 10.6. The molecule has 0 spiro atoms. The summed E-state index contributed by atoms with van der Waals surface area (Å²) in [6, 6.07) is 12.0. The van der Waals surface area contributed by atoms with E-state index in [0.29, 0.717) is 20.4 Å². The number of thioether (sulfide) groups is 1. The van der Waals surface area contributed by atoms with E-state index in [1.165, 1.54) is 23.9 Å². The molecule has 0 unspecified atom stereocenters. The second-order valence-corrected chi connectivity index (χ2v) is 7.01. The standard InChI is InChI=1S/C14H9BrClN5O2S/c15-10-5-9(6-13(7-10)21(22)23)8-24-14-17-18-19-20(14)12-3-1-11(16)2-4-12/h1-7H,8H2. The maximum atomic E-state index is 10.9. The van der Waals surface area contributed by atoms with Crippen molar-refractivity contribution in [2.45, 2.75) is 10.9 Å². The fourth-order valence-corrected chi connectivity index (χ4v) is 3.46. The third kappa shape index (κ3) is 3.92. The third-order valence-corrected chi connectivity index (χ3v) is 4.73. The average molecular weight is 427 g/mol. The zero-order chi connectivity index (χ0) is 17.1. The van der Waals surface area contributed by atoms with Crippen LogP contribution in [-0.2, 0) is 5.75 Å². The molecule has 7 nitrogen and oxygen atoms in total. The Balaban J connectivity index is 1.80. The zero-order valence-corrected chi connectivity index (χ0v) is 15.1. The van der Waals surface area contributed by atoms with E-state index in [1.807, 2.05) is 18.2 Å². The van der Waals surface area contributed by atoms with Crippen molar-refractivity contribution in [3.8, 4) is 5.69 Å². The fourth-order valence-electron chi connectivity index (χ4n) is 1.98. The molecule has 0 bridgehead atoms. The van der Waals surface area contributed by atoms with Crippen LogP contribution < -0.4 is 0 Å². The first kappa shape index (κ1) is 16.9. The predicted octanol–water partition coefficient (Wildman–Crippen LogP) is 4.28. The highest BCUT2D eigenvalue weighted by molar-refractivity contribution is 9.10. The molecule has 0 saturated heterocycles. The van der Waals surface area contributed by atoms with E-state index in [0.717, 1.165) is 11.3 Å². The largest absolute Gasteiger partial charge is 0.270 e. The van der Waals surface area contributed by atoms with Gasteiger partial charge in [-0.15, -0.1) is 5.10 Å². The Labute approximate surface area is 154 Å². The van der Waals surface area contributed by atoms with Crippen LogP contribution in [0.25, 0.3) is 5.69 Å². The third-order valence-electron chi connectivity index (χ3n) is 3.03. The van der Waals surface area contributed by atoms with Crippen LogP contribution in [-0.4, -0.2) is 25.1 Å². The molecule has 0 aliphatic rings. The number of benzene rings is 2. The summed E-state index contributed by atoms with van der Waals surface area (Å²) < 4.78 is 2.25. The fraction of sp³-hybridized carbons (Fsp3) is 0.0714. The van der Waals surface area contributed by atoms with Crippen molar-refractivity contribution < 1.29 is 4.92 Å². The van der Waals surface area contributed by atoms with Crippen LogP contribution in [0.15, 0.2) is 52.1 Å². The minimum absolute atomic E-state index is 0.0391. The predicted molar refractivity (Wildman–Crippen MR) is 94.5 cm³/mol. The van der Waals surface area contributed by atoms with Crippen molar-refractivity contribution in [2.24, 2.45) is 0 Å². The van der Waals surface area contributed by atoms with Gasteiger partial charge in [-0.25, -0.2) is 0 Å². The summed E-state index contributed by atoms with van der Waals surface area (Å²) in [4.78, 5) is 10.5. The minimum atomic E-state index is -0.420. The monoisotopic (exact) mass is 425 g/mol. The maximum Gasteiger partial charge on any atom is 0.270 e. The summed E-state index contributed by atoms with van der Waals surface area (Å²) in [5.41, 5.74) is 1.62. The molecule has 122 valence electrons. The average Bonchev–Trinajstić information content (AvgIpc) is 3.01. The van der Waals surface area contributed by atoms with Gasteiger partial charge in [-0.1, -0.05) is 39.3 Å². The Morgan fingerprint density at radius 1 is 1.25 bits per heavy atom. The lowest BCUT2D eigenvalue weighted by Crippen LogP contribution is -1.99. The number of nitro groups is 1. The van der Waals surface area contributed by atoms with Crippen LogP contribution in [0, 0.1) is 10.1 Å². The van der Waals surface area contributed by atoms with E-state index in [4.69, 9.17) is 11.6 Å². The number of hydrogen-bond donors (Lipinski definition) is 0. The van der Waals surface area contributed by atoms with Gasteiger partial charge < -0.3 is 0 Å². The van der Waals surface area contributed by atoms with Crippen LogP contribution in [0.5, 0.6) is 0 Å². The first-order chi connectivity index (χ1) is 11.5. The van der Waals surface area contributed by atoms with Crippen molar-refractivity contribution in [1.29, 1.82) is 0 Å². The van der Waals surface area contributed by atoms with E-state index in [9.17, 15) is 10.1 Å². The number of aromatic nitrogens is 4. The summed E-state index contributed by atoms with van der Waals surface area (Å²) in [7, 11) is 0. The Hall–Kier alpha value is -1.97. The van der Waals surface area contributed by atoms with Crippen LogP contribution in [0.1, 0.15) is 5.56 Å². The molecule has 0 aliphatic carbocycles. The summed E-state index contributed by atoms with van der Waals surface area (Å²) in [6.07, 6.45) is 0. The molecule has 0 N–H and O–H groups in total. The topological polar surface area (TPSA) is 86.7 Å². The lowest BCUT2D eigenvalue weighted by Gasteiger charge is -2.05. The first-order valence-corrected chi connectivity index (χ1v) is 8.79. The zero-order valence-electron chi connectivity index (χ0n) is 12.0. The number of hydrogen-bond acceptors (Lipinski definition) is 6. The van der Waals surface area contributed by atoms with Gasteiger partial charge in [0.25, 0.3) is 5.69 Å². The van der Waals surface area contributed by atoms with E-state index in [-0.39, 0.29) is 5.69 Å². The van der Waals surface area contributed by atoms with Gasteiger partial charge in [0.05, 0.1) is 10.6 Å². The minimum Gasteiger partial charge on any atom is -0.258 e. The van der Waals surface area contributed by atoms with E-state index in [1.54, 1.807) is 16.8 Å². The van der Waals surface area contributed by atoms with Crippen molar-refractivity contribution in [3.63, 3.8) is 0 Å². The Kier molecular flexibility index (Phi) is 5.12. The smallest absolute Gasteiger partial charge is 0.258 e. The molecule has 2 aromatic carbocycles. The molecule has 24 heavy (non-hydrogen) atoms. The molecule has 0 amide bonds. The molecule has 0 saturated carbocycles. The molecule has 0 radical (unpaired) electrons. The van der Waals surface area contributed by atoms with Gasteiger partial charge in [0.2, 0.25) is 5.16 Å². The van der Waals surface area contributed by atoms with Gasteiger partial charge in [-0.3, -0.25) is 10.1 Å². The highest BCUT2D eigenvalue weighted by Gasteiger charge is 2.12. The van der Waals surface area contributed by atoms with Gasteiger partial charge in [-0.05, 0) is 46.3 Å². The van der Waals surface area contributed by atoms with E-state index >= 15 is 0 Å². The number of nitro benzene ring substituents is 1. The lowest BCUT2D eigenvalue weighted by molar-refractivity contribution is -0.385. The Bertz CT molecular complexity index is 887. The van der Waals surface area contributed by atoms with Crippen molar-refractivity contribution in [2.75, 3.05) is 0 Å². The van der Waals surface area contributed by atoms with Crippen LogP contribution in [0.4, 0.5) is 5.69 Å². The molecule has 3 rings (SSSR count). The molecule has 10 heteroatoms. The van der Waals surface area contributed by atoms with E-state index in [2.05, 4.69) is 31.5 Å². The van der Waals surface area contributed by atoms with Gasteiger partial charge >= 0.3 is 0 Å². The number of rotatable bonds is 5. The van der Waals surface area contributed by atoms with Crippen molar-refractivity contribution in [3.05, 3.63) is 67.6 Å². The van der Waals surface area contributed by atoms with Gasteiger partial charge in [-0.2, -0.15) is 4.68 Å². The highest BCUT2D eigenvalue weighted by atomic mass is 79.9. The van der Waals surface area contributed by atoms with Crippen molar-refractivity contribution in [1.82, 2.24) is 20.2 Å². The first-order valence-electron chi connectivity index (χ1n) is 6.64. The van der Waals surface area contributed by atoms with Gasteiger partial charge in [0.15, 0.2) is 0 Å². The van der Waals surface area contributed by atoms with Crippen LogP contribution >= 0.6 is 39.3 Å². The molecule has 3 aromatic rings. The molecular formula is C14H9BrClN5O2S. The second-order valence-electron chi connectivity index (χ2n) is 4.71. The number of non-ortho nitro benzene ring substituents is 1. The molecule has 1 heterocycles. The van der Waals surface area contributed by atoms with E-state index < -0.39 is 4.92 Å². The summed E-state index contributed by atoms with van der Waals surface area (Å²) in [6.45, 7) is 0. The molecular weight excluding hydrogens is 418 g/mol. The van der Waals surface area contributed by atoms with Crippen LogP contribution in [0.3, 0.4) is 0 Å². The maximum absolute atomic E-state index is 10.9. The van der Waals surface area contributed by atoms with Crippen LogP contribution in [0.2, 0.25) is 5.02 Å². The number of nitrogens with zero attached hydrogens (tertiary/aromatic N) is 5. The molecule has 0 fully saturated rings. The van der Waals surface area contributed by atoms with Gasteiger partial charge in [0.1, 0.15) is 0 Å². The normalized spacial score (nSPS) is 10.8. The summed E-state index contributed by atoms with van der Waals surface area (Å²) in [5, 5.41) is 23.8. The highest BCUT2D eigenvalue weighted by Crippen LogP contribution is 2.27.